The Balaban J connectivity index is 0.00000182. The Labute approximate surface area is 171 Å². The minimum absolute atomic E-state index is 0. The molecular formula is C17H29Cl2F2N5O. The summed E-state index contributed by atoms with van der Waals surface area (Å²) in [5, 5.41) is 0. The van der Waals surface area contributed by atoms with Crippen molar-refractivity contribution in [3.63, 3.8) is 0 Å². The number of imidazole rings is 1. The van der Waals surface area contributed by atoms with Gasteiger partial charge in [-0.15, -0.1) is 24.8 Å². The Bertz CT molecular complexity index is 606. The molecule has 6 nitrogen and oxygen atoms in total. The molecule has 10 heteroatoms. The lowest BCUT2D eigenvalue weighted by molar-refractivity contribution is -0.140. The van der Waals surface area contributed by atoms with Crippen molar-refractivity contribution in [2.75, 3.05) is 26.2 Å². The third-order valence-corrected chi connectivity index (χ3v) is 5.56. The lowest BCUT2D eigenvalue weighted by atomic mass is 9.74. The van der Waals surface area contributed by atoms with E-state index in [2.05, 4.69) is 9.88 Å². The average Bonchev–Trinajstić information content (AvgIpc) is 3.03. The maximum atomic E-state index is 12.9. The molecule has 2 N–H and O–H groups in total. The SMILES string of the molecule is CC1(N)CCCCC1C(=O)N1CCN(Cc2nccn2C(F)F)CC1.Cl.Cl. The van der Waals surface area contributed by atoms with E-state index in [0.717, 1.165) is 30.3 Å². The highest BCUT2D eigenvalue weighted by atomic mass is 35.5. The summed E-state index contributed by atoms with van der Waals surface area (Å²) in [7, 11) is 0. The van der Waals surface area contributed by atoms with Gasteiger partial charge in [-0.3, -0.25) is 14.3 Å². The number of nitrogens with two attached hydrogens (primary N) is 1. The largest absolute Gasteiger partial charge is 0.340 e. The zero-order valence-electron chi connectivity index (χ0n) is 15.5. The summed E-state index contributed by atoms with van der Waals surface area (Å²) in [4.78, 5) is 20.8. The van der Waals surface area contributed by atoms with Gasteiger partial charge in [0, 0.05) is 44.1 Å². The maximum absolute atomic E-state index is 12.9. The number of hydrogen-bond donors (Lipinski definition) is 1. The highest BCUT2D eigenvalue weighted by Gasteiger charge is 2.40. The smallest absolute Gasteiger partial charge is 0.319 e. The van der Waals surface area contributed by atoms with Crippen molar-refractivity contribution in [2.45, 2.75) is 51.2 Å². The maximum Gasteiger partial charge on any atom is 0.319 e. The predicted molar refractivity (Wildman–Crippen MR) is 104 cm³/mol. The second-order valence-electron chi connectivity index (χ2n) is 7.43. The van der Waals surface area contributed by atoms with Crippen molar-refractivity contribution < 1.29 is 13.6 Å². The first-order chi connectivity index (χ1) is 11.9. The highest BCUT2D eigenvalue weighted by Crippen LogP contribution is 2.33. The molecule has 1 aliphatic heterocycles. The van der Waals surface area contributed by atoms with Crippen molar-refractivity contribution >= 4 is 30.7 Å². The highest BCUT2D eigenvalue weighted by molar-refractivity contribution is 5.85. The number of carbonyl (C=O) groups excluding carboxylic acids is 1. The lowest BCUT2D eigenvalue weighted by Crippen LogP contribution is -2.57. The third-order valence-electron chi connectivity index (χ3n) is 5.56. The van der Waals surface area contributed by atoms with Gasteiger partial charge >= 0.3 is 6.55 Å². The predicted octanol–water partition coefficient (Wildman–Crippen LogP) is 2.67. The van der Waals surface area contributed by atoms with E-state index in [4.69, 9.17) is 5.73 Å². The van der Waals surface area contributed by atoms with Gasteiger partial charge < -0.3 is 10.6 Å². The van der Waals surface area contributed by atoms with E-state index >= 15 is 0 Å². The number of alkyl halides is 2. The number of hydrogen-bond acceptors (Lipinski definition) is 4. The average molecular weight is 428 g/mol. The fraction of sp³-hybridized carbons (Fsp3) is 0.765. The van der Waals surface area contributed by atoms with E-state index in [-0.39, 0.29) is 36.6 Å². The van der Waals surface area contributed by atoms with Gasteiger partial charge in [0.1, 0.15) is 5.82 Å². The summed E-state index contributed by atoms with van der Waals surface area (Å²) in [5.41, 5.74) is 5.93. The fourth-order valence-electron chi connectivity index (χ4n) is 3.95. The minimum atomic E-state index is -2.58. The molecule has 2 heterocycles. The van der Waals surface area contributed by atoms with Crippen LogP contribution >= 0.6 is 24.8 Å². The molecule has 1 aromatic rings. The number of rotatable bonds is 4. The molecule has 1 saturated carbocycles. The third kappa shape index (κ3) is 5.53. The van der Waals surface area contributed by atoms with Crippen molar-refractivity contribution in [3.05, 3.63) is 18.2 Å². The Hall–Kier alpha value is -0.960. The van der Waals surface area contributed by atoms with E-state index in [0.29, 0.717) is 38.5 Å². The molecule has 27 heavy (non-hydrogen) atoms. The van der Waals surface area contributed by atoms with Gasteiger partial charge in [-0.25, -0.2) is 4.98 Å². The summed E-state index contributed by atoms with van der Waals surface area (Å²) in [6.45, 7) is 2.33. The van der Waals surface area contributed by atoms with Gasteiger partial charge in [-0.05, 0) is 19.8 Å². The molecule has 3 rings (SSSR count). The van der Waals surface area contributed by atoms with Crippen molar-refractivity contribution in [1.82, 2.24) is 19.4 Å². The Morgan fingerprint density at radius 1 is 1.30 bits per heavy atom. The number of carbonyl (C=O) groups is 1. The molecule has 2 fully saturated rings. The van der Waals surface area contributed by atoms with Gasteiger partial charge in [0.15, 0.2) is 0 Å². The summed E-state index contributed by atoms with van der Waals surface area (Å²) >= 11 is 0. The first-order valence-electron chi connectivity index (χ1n) is 8.98. The summed E-state index contributed by atoms with van der Waals surface area (Å²) in [5.74, 6) is 0.403. The van der Waals surface area contributed by atoms with Crippen LogP contribution in [0.1, 0.15) is 45.0 Å². The van der Waals surface area contributed by atoms with Gasteiger partial charge in [0.25, 0.3) is 0 Å². The van der Waals surface area contributed by atoms with Gasteiger partial charge in [0.2, 0.25) is 5.91 Å². The molecule has 156 valence electrons. The molecule has 1 amide bonds. The molecule has 2 unspecified atom stereocenters. The van der Waals surface area contributed by atoms with E-state index < -0.39 is 12.1 Å². The molecular weight excluding hydrogens is 399 g/mol. The van der Waals surface area contributed by atoms with Gasteiger partial charge in [0.05, 0.1) is 12.5 Å². The van der Waals surface area contributed by atoms with Crippen LogP contribution in [-0.4, -0.2) is 57.0 Å². The standard InChI is InChI=1S/C17H27F2N5O.2ClH/c1-17(20)5-3-2-4-13(17)15(25)23-10-8-22(9-11-23)12-14-21-6-7-24(14)16(18)19;;/h6-7,13,16H,2-5,8-12,20H2,1H3;2*1H. The molecule has 0 radical (unpaired) electrons. The van der Waals surface area contributed by atoms with E-state index in [1.54, 1.807) is 0 Å². The first kappa shape index (κ1) is 24.1. The number of nitrogens with zero attached hydrogens (tertiary/aromatic N) is 4. The zero-order chi connectivity index (χ0) is 18.0. The van der Waals surface area contributed by atoms with Crippen LogP contribution in [0.4, 0.5) is 8.78 Å². The Morgan fingerprint density at radius 3 is 2.56 bits per heavy atom. The van der Waals surface area contributed by atoms with Crippen LogP contribution in [0.25, 0.3) is 0 Å². The molecule has 0 spiro atoms. The Morgan fingerprint density at radius 2 is 1.96 bits per heavy atom. The van der Waals surface area contributed by atoms with Crippen LogP contribution in [-0.2, 0) is 11.3 Å². The molecule has 1 aromatic heterocycles. The molecule has 2 atom stereocenters. The van der Waals surface area contributed by atoms with Crippen molar-refractivity contribution in [2.24, 2.45) is 11.7 Å². The lowest BCUT2D eigenvalue weighted by Gasteiger charge is -2.42. The summed E-state index contributed by atoms with van der Waals surface area (Å²) in [6.07, 6.45) is 6.58. The molecule has 0 bridgehead atoms. The number of piperazine rings is 1. The van der Waals surface area contributed by atoms with E-state index in [9.17, 15) is 13.6 Å². The van der Waals surface area contributed by atoms with E-state index in [1.165, 1.54) is 12.4 Å². The second kappa shape index (κ2) is 10.0. The Kier molecular flexibility index (Phi) is 8.92. The van der Waals surface area contributed by atoms with Crippen molar-refractivity contribution in [3.8, 4) is 0 Å². The summed E-state index contributed by atoms with van der Waals surface area (Å²) in [6, 6.07) is 0. The normalized spacial score (nSPS) is 26.4. The number of amides is 1. The monoisotopic (exact) mass is 427 g/mol. The zero-order valence-corrected chi connectivity index (χ0v) is 17.2. The van der Waals surface area contributed by atoms with Gasteiger partial charge in [-0.2, -0.15) is 8.78 Å². The van der Waals surface area contributed by atoms with Crippen LogP contribution in [0, 0.1) is 5.92 Å². The van der Waals surface area contributed by atoms with Crippen LogP contribution < -0.4 is 5.73 Å². The van der Waals surface area contributed by atoms with Gasteiger partial charge in [-0.1, -0.05) is 12.8 Å². The number of halogens is 4. The second-order valence-corrected chi connectivity index (χ2v) is 7.43. The van der Waals surface area contributed by atoms with Crippen LogP contribution in [0.15, 0.2) is 12.4 Å². The fourth-order valence-corrected chi connectivity index (χ4v) is 3.95. The first-order valence-corrected chi connectivity index (χ1v) is 8.98. The molecule has 0 aromatic carbocycles. The minimum Gasteiger partial charge on any atom is -0.340 e. The molecule has 2 aliphatic rings. The summed E-state index contributed by atoms with van der Waals surface area (Å²) < 4.78 is 26.7. The molecule has 1 saturated heterocycles. The molecule has 1 aliphatic carbocycles. The topological polar surface area (TPSA) is 67.4 Å². The van der Waals surface area contributed by atoms with Crippen molar-refractivity contribution in [1.29, 1.82) is 0 Å². The van der Waals surface area contributed by atoms with Crippen LogP contribution in [0.2, 0.25) is 0 Å². The quantitative estimate of drug-likeness (QED) is 0.801. The number of aromatic nitrogens is 2. The van der Waals surface area contributed by atoms with Crippen LogP contribution in [0.5, 0.6) is 0 Å². The van der Waals surface area contributed by atoms with E-state index in [1.807, 2.05) is 11.8 Å². The van der Waals surface area contributed by atoms with Crippen LogP contribution in [0.3, 0.4) is 0 Å².